The number of pyridine rings is 1. The van der Waals surface area contributed by atoms with Crippen molar-refractivity contribution in [2.24, 2.45) is 7.05 Å². The SMILES string of the molecule is CCCC(C(=O)O)c1c(CC)nc2c3c(sc2c1-c1cnn(C)c1)CCCC3. The number of hydrogen-bond acceptors (Lipinski definition) is 4. The van der Waals surface area contributed by atoms with Crippen LogP contribution in [0.1, 0.15) is 67.1 Å². The van der Waals surface area contributed by atoms with Gasteiger partial charge in [0, 0.05) is 34.9 Å². The first-order chi connectivity index (χ1) is 13.5. The minimum Gasteiger partial charge on any atom is -0.481 e. The number of carbonyl (C=O) groups is 1. The highest BCUT2D eigenvalue weighted by Crippen LogP contribution is 2.45. The van der Waals surface area contributed by atoms with E-state index in [4.69, 9.17) is 4.98 Å². The standard InChI is InChI=1S/C22H27N3O2S/c1-4-8-15(22(26)27)19-16(5-2)24-20-14-9-6-7-10-17(14)28-21(20)18(19)13-11-23-25(3)12-13/h11-12,15H,4-10H2,1-3H3,(H,26,27). The number of carboxylic acid groups (broad SMARTS) is 1. The Morgan fingerprint density at radius 3 is 2.75 bits per heavy atom. The van der Waals surface area contributed by atoms with E-state index in [9.17, 15) is 9.90 Å². The van der Waals surface area contributed by atoms with Crippen molar-refractivity contribution >= 4 is 27.5 Å². The molecule has 28 heavy (non-hydrogen) atoms. The second-order valence-corrected chi connectivity index (χ2v) is 8.78. The number of hydrogen-bond donors (Lipinski definition) is 1. The lowest BCUT2D eigenvalue weighted by Crippen LogP contribution is -2.16. The summed E-state index contributed by atoms with van der Waals surface area (Å²) in [4.78, 5) is 18.7. The predicted molar refractivity (Wildman–Crippen MR) is 113 cm³/mol. The molecule has 1 atom stereocenters. The van der Waals surface area contributed by atoms with Gasteiger partial charge < -0.3 is 5.11 Å². The zero-order chi connectivity index (χ0) is 19.8. The van der Waals surface area contributed by atoms with Gasteiger partial charge in [-0.3, -0.25) is 14.5 Å². The molecule has 1 N–H and O–H groups in total. The molecule has 0 aliphatic heterocycles. The Balaban J connectivity index is 2.10. The fourth-order valence-corrected chi connectivity index (χ4v) is 5.87. The van der Waals surface area contributed by atoms with Crippen LogP contribution < -0.4 is 0 Å². The highest BCUT2D eigenvalue weighted by atomic mass is 32.1. The van der Waals surface area contributed by atoms with Crippen LogP contribution in [-0.2, 0) is 31.1 Å². The molecule has 6 heteroatoms. The largest absolute Gasteiger partial charge is 0.481 e. The molecule has 0 aromatic carbocycles. The van der Waals surface area contributed by atoms with Crippen LogP contribution in [0.15, 0.2) is 12.4 Å². The Labute approximate surface area is 169 Å². The van der Waals surface area contributed by atoms with Gasteiger partial charge in [-0.25, -0.2) is 0 Å². The van der Waals surface area contributed by atoms with E-state index in [1.54, 1.807) is 4.68 Å². The molecule has 0 saturated heterocycles. The van der Waals surface area contributed by atoms with E-state index < -0.39 is 11.9 Å². The van der Waals surface area contributed by atoms with Gasteiger partial charge >= 0.3 is 5.97 Å². The number of nitrogens with zero attached hydrogens (tertiary/aromatic N) is 3. The van der Waals surface area contributed by atoms with Gasteiger partial charge in [-0.2, -0.15) is 5.10 Å². The molecular weight excluding hydrogens is 370 g/mol. The van der Waals surface area contributed by atoms with E-state index in [0.717, 1.165) is 58.3 Å². The van der Waals surface area contributed by atoms with Gasteiger partial charge in [0.2, 0.25) is 0 Å². The lowest BCUT2D eigenvalue weighted by Gasteiger charge is -2.20. The molecule has 0 fully saturated rings. The van der Waals surface area contributed by atoms with Crippen LogP contribution in [0.4, 0.5) is 0 Å². The second-order valence-electron chi connectivity index (χ2n) is 7.67. The van der Waals surface area contributed by atoms with Crippen LogP contribution in [0.3, 0.4) is 0 Å². The molecule has 148 valence electrons. The summed E-state index contributed by atoms with van der Waals surface area (Å²) in [6, 6.07) is 0. The summed E-state index contributed by atoms with van der Waals surface area (Å²) in [5, 5.41) is 14.4. The number of thiophene rings is 1. The van der Waals surface area contributed by atoms with E-state index >= 15 is 0 Å². The number of aromatic nitrogens is 3. The molecule has 3 heterocycles. The number of aliphatic carboxylic acids is 1. The summed E-state index contributed by atoms with van der Waals surface area (Å²) in [6.07, 6.45) is 10.7. The lowest BCUT2D eigenvalue weighted by atomic mass is 9.86. The van der Waals surface area contributed by atoms with Gasteiger partial charge in [0.25, 0.3) is 0 Å². The summed E-state index contributed by atoms with van der Waals surface area (Å²) in [7, 11) is 1.91. The number of aryl methyl sites for hydroxylation is 4. The van der Waals surface area contributed by atoms with Crippen molar-refractivity contribution in [1.82, 2.24) is 14.8 Å². The van der Waals surface area contributed by atoms with Crippen LogP contribution in [-0.4, -0.2) is 25.8 Å². The summed E-state index contributed by atoms with van der Waals surface area (Å²) < 4.78 is 2.94. The fourth-order valence-electron chi connectivity index (χ4n) is 4.46. The van der Waals surface area contributed by atoms with Crippen LogP contribution in [0.5, 0.6) is 0 Å². The first kappa shape index (κ1) is 19.1. The van der Waals surface area contributed by atoms with Crippen LogP contribution in [0.2, 0.25) is 0 Å². The van der Waals surface area contributed by atoms with Crippen molar-refractivity contribution < 1.29 is 9.90 Å². The molecular formula is C22H27N3O2S. The lowest BCUT2D eigenvalue weighted by molar-refractivity contribution is -0.139. The van der Waals surface area contributed by atoms with E-state index in [-0.39, 0.29) is 0 Å². The van der Waals surface area contributed by atoms with Crippen molar-refractivity contribution in [2.45, 2.75) is 64.7 Å². The number of carboxylic acids is 1. The first-order valence-corrected chi connectivity index (χ1v) is 11.1. The molecule has 0 saturated carbocycles. The van der Waals surface area contributed by atoms with E-state index in [1.807, 2.05) is 37.7 Å². The van der Waals surface area contributed by atoms with Gasteiger partial charge in [-0.05, 0) is 49.7 Å². The fraction of sp³-hybridized carbons (Fsp3) is 0.500. The zero-order valence-corrected chi connectivity index (χ0v) is 17.6. The summed E-state index contributed by atoms with van der Waals surface area (Å²) in [6.45, 7) is 4.12. The van der Waals surface area contributed by atoms with Crippen molar-refractivity contribution in [3.8, 4) is 11.1 Å². The monoisotopic (exact) mass is 397 g/mol. The third-order valence-electron chi connectivity index (χ3n) is 5.75. The Morgan fingerprint density at radius 2 is 2.11 bits per heavy atom. The topological polar surface area (TPSA) is 68.0 Å². The molecule has 0 spiro atoms. The van der Waals surface area contributed by atoms with Crippen molar-refractivity contribution in [3.05, 3.63) is 34.1 Å². The summed E-state index contributed by atoms with van der Waals surface area (Å²) in [5.41, 5.74) is 6.37. The minimum absolute atomic E-state index is 0.536. The highest BCUT2D eigenvalue weighted by Gasteiger charge is 2.30. The molecule has 0 radical (unpaired) electrons. The third kappa shape index (κ3) is 3.13. The van der Waals surface area contributed by atoms with Gasteiger partial charge in [0.1, 0.15) is 0 Å². The molecule has 4 rings (SSSR count). The Kier molecular flexibility index (Phi) is 5.23. The maximum atomic E-state index is 12.2. The Hall–Kier alpha value is -2.21. The Bertz CT molecular complexity index is 1030. The quantitative estimate of drug-likeness (QED) is 0.628. The average Bonchev–Trinajstić information content (AvgIpc) is 3.27. The van der Waals surface area contributed by atoms with Gasteiger partial charge in [-0.15, -0.1) is 11.3 Å². The summed E-state index contributed by atoms with van der Waals surface area (Å²) >= 11 is 1.82. The molecule has 3 aromatic rings. The van der Waals surface area contributed by atoms with Gasteiger partial charge in [0.15, 0.2) is 0 Å². The minimum atomic E-state index is -0.760. The summed E-state index contributed by atoms with van der Waals surface area (Å²) in [5.74, 6) is -1.30. The van der Waals surface area contributed by atoms with Crippen LogP contribution in [0, 0.1) is 0 Å². The second kappa shape index (κ2) is 7.66. The smallest absolute Gasteiger partial charge is 0.311 e. The van der Waals surface area contributed by atoms with Gasteiger partial charge in [0.05, 0.1) is 22.3 Å². The average molecular weight is 398 g/mol. The molecule has 0 amide bonds. The van der Waals surface area contributed by atoms with Gasteiger partial charge in [-0.1, -0.05) is 20.3 Å². The maximum Gasteiger partial charge on any atom is 0.311 e. The van der Waals surface area contributed by atoms with Crippen molar-refractivity contribution in [1.29, 1.82) is 0 Å². The van der Waals surface area contributed by atoms with Crippen molar-refractivity contribution in [3.63, 3.8) is 0 Å². The number of fused-ring (bicyclic) bond motifs is 3. The maximum absolute atomic E-state index is 12.2. The van der Waals surface area contributed by atoms with E-state index in [0.29, 0.717) is 6.42 Å². The molecule has 1 aliphatic carbocycles. The number of rotatable bonds is 6. The van der Waals surface area contributed by atoms with E-state index in [2.05, 4.69) is 12.0 Å². The molecule has 1 unspecified atom stereocenters. The third-order valence-corrected chi connectivity index (χ3v) is 7.05. The van der Waals surface area contributed by atoms with Crippen molar-refractivity contribution in [2.75, 3.05) is 0 Å². The first-order valence-electron chi connectivity index (χ1n) is 10.2. The van der Waals surface area contributed by atoms with Crippen LogP contribution >= 0.6 is 11.3 Å². The van der Waals surface area contributed by atoms with E-state index in [1.165, 1.54) is 23.3 Å². The molecule has 3 aromatic heterocycles. The predicted octanol–water partition coefficient (Wildman–Crippen LogP) is 5.11. The van der Waals surface area contributed by atoms with Crippen LogP contribution in [0.25, 0.3) is 21.3 Å². The zero-order valence-electron chi connectivity index (χ0n) is 16.8. The normalized spacial score (nSPS) is 15.0. The Morgan fingerprint density at radius 1 is 1.32 bits per heavy atom. The molecule has 1 aliphatic rings. The highest BCUT2D eigenvalue weighted by molar-refractivity contribution is 7.19. The molecule has 5 nitrogen and oxygen atoms in total. The molecule has 0 bridgehead atoms.